The molecule has 1 fully saturated rings. The van der Waals surface area contributed by atoms with Crippen molar-refractivity contribution in [3.63, 3.8) is 0 Å². The highest BCUT2D eigenvalue weighted by Crippen LogP contribution is 2.19. The molecule has 3 aromatic rings. The topological polar surface area (TPSA) is 83.0 Å². The first-order valence-electron chi connectivity index (χ1n) is 8.78. The summed E-state index contributed by atoms with van der Waals surface area (Å²) in [5.74, 6) is 0.659. The highest BCUT2D eigenvalue weighted by Gasteiger charge is 2.14. The third-order valence-electron chi connectivity index (χ3n) is 4.80. The number of fused-ring (bicyclic) bond motifs is 1. The van der Waals surface area contributed by atoms with Gasteiger partial charge in [0.25, 0.3) is 11.5 Å². The zero-order valence-electron chi connectivity index (χ0n) is 14.9. The average Bonchev–Trinajstić information content (AvgIpc) is 3.21. The zero-order valence-corrected chi connectivity index (χ0v) is 15.7. The van der Waals surface area contributed by atoms with Gasteiger partial charge in [0.15, 0.2) is 4.77 Å². The zero-order chi connectivity index (χ0) is 19.0. The van der Waals surface area contributed by atoms with E-state index in [4.69, 9.17) is 12.2 Å². The molecule has 0 atom stereocenters. The Bertz CT molecular complexity index is 1130. The minimum Gasteiger partial charge on any atom is -0.357 e. The molecule has 0 spiro atoms. The highest BCUT2D eigenvalue weighted by atomic mass is 32.1. The Morgan fingerprint density at radius 2 is 2.00 bits per heavy atom. The van der Waals surface area contributed by atoms with Crippen LogP contribution in [0.5, 0.6) is 0 Å². The maximum absolute atomic E-state index is 12.6. The molecule has 4 rings (SSSR count). The molecular weight excluding hydrogens is 362 g/mol. The minimum absolute atomic E-state index is 0.192. The molecule has 1 saturated heterocycles. The van der Waals surface area contributed by atoms with Crippen LogP contribution in [-0.2, 0) is 7.05 Å². The van der Waals surface area contributed by atoms with E-state index in [-0.39, 0.29) is 11.5 Å². The van der Waals surface area contributed by atoms with E-state index in [0.717, 1.165) is 18.9 Å². The minimum atomic E-state index is -0.271. The highest BCUT2D eigenvalue weighted by molar-refractivity contribution is 7.71. The largest absolute Gasteiger partial charge is 0.357 e. The lowest BCUT2D eigenvalue weighted by Crippen LogP contribution is -2.20. The molecule has 1 aliphatic heterocycles. The van der Waals surface area contributed by atoms with Crippen molar-refractivity contribution in [2.75, 3.05) is 23.3 Å². The van der Waals surface area contributed by atoms with E-state index < -0.39 is 0 Å². The SMILES string of the molecule is Cn1c(=S)[nH]c2cc(C(=O)Nc3ccc(N4CCCC4)nc3)ccc2c1=O. The van der Waals surface area contributed by atoms with Crippen molar-refractivity contribution in [2.24, 2.45) is 7.05 Å². The quantitative estimate of drug-likeness (QED) is 0.682. The first kappa shape index (κ1) is 17.4. The van der Waals surface area contributed by atoms with E-state index in [1.807, 2.05) is 12.1 Å². The Hall–Kier alpha value is -3.00. The summed E-state index contributed by atoms with van der Waals surface area (Å²) in [4.78, 5) is 34.4. The number of anilines is 2. The molecule has 0 bridgehead atoms. The van der Waals surface area contributed by atoms with E-state index >= 15 is 0 Å². The number of nitrogens with zero attached hydrogens (tertiary/aromatic N) is 3. The Morgan fingerprint density at radius 3 is 2.70 bits per heavy atom. The molecule has 27 heavy (non-hydrogen) atoms. The summed E-state index contributed by atoms with van der Waals surface area (Å²) in [6.07, 6.45) is 4.04. The van der Waals surface area contributed by atoms with Crippen LogP contribution in [0.15, 0.2) is 41.3 Å². The number of hydrogen-bond donors (Lipinski definition) is 2. The van der Waals surface area contributed by atoms with Crippen molar-refractivity contribution in [2.45, 2.75) is 12.8 Å². The van der Waals surface area contributed by atoms with Crippen molar-refractivity contribution in [3.05, 3.63) is 57.2 Å². The van der Waals surface area contributed by atoms with Crippen LogP contribution in [0.3, 0.4) is 0 Å². The molecule has 7 nitrogen and oxygen atoms in total. The van der Waals surface area contributed by atoms with Crippen LogP contribution in [0, 0.1) is 4.77 Å². The van der Waals surface area contributed by atoms with E-state index in [0.29, 0.717) is 26.9 Å². The summed E-state index contributed by atoms with van der Waals surface area (Å²) in [6, 6.07) is 8.66. The van der Waals surface area contributed by atoms with Crippen LogP contribution in [0.2, 0.25) is 0 Å². The fraction of sp³-hybridized carbons (Fsp3) is 0.263. The summed E-state index contributed by atoms with van der Waals surface area (Å²) >= 11 is 5.13. The smallest absolute Gasteiger partial charge is 0.261 e. The normalized spacial score (nSPS) is 13.9. The van der Waals surface area contributed by atoms with Gasteiger partial charge in [0, 0.05) is 25.7 Å². The molecule has 8 heteroatoms. The number of rotatable bonds is 3. The molecule has 1 aliphatic rings. The summed E-state index contributed by atoms with van der Waals surface area (Å²) in [7, 11) is 1.61. The van der Waals surface area contributed by atoms with Crippen molar-refractivity contribution < 1.29 is 4.79 Å². The van der Waals surface area contributed by atoms with Crippen molar-refractivity contribution in [1.29, 1.82) is 0 Å². The molecule has 2 N–H and O–H groups in total. The summed E-state index contributed by atoms with van der Waals surface area (Å²) in [6.45, 7) is 2.05. The van der Waals surface area contributed by atoms with Gasteiger partial charge in [-0.3, -0.25) is 14.2 Å². The maximum atomic E-state index is 12.6. The van der Waals surface area contributed by atoms with Gasteiger partial charge in [0.05, 0.1) is 22.8 Å². The monoisotopic (exact) mass is 381 g/mol. The molecule has 1 amide bonds. The van der Waals surface area contributed by atoms with Gasteiger partial charge in [0.2, 0.25) is 0 Å². The number of carbonyl (C=O) groups is 1. The third kappa shape index (κ3) is 3.35. The number of nitrogens with one attached hydrogen (secondary N) is 2. The molecule has 0 aliphatic carbocycles. The Balaban J connectivity index is 1.56. The van der Waals surface area contributed by atoms with Crippen molar-refractivity contribution in [3.8, 4) is 0 Å². The van der Waals surface area contributed by atoms with Gasteiger partial charge in [-0.2, -0.15) is 0 Å². The number of carbonyl (C=O) groups excluding carboxylic acids is 1. The Kier molecular flexibility index (Phi) is 4.49. The van der Waals surface area contributed by atoms with Crippen LogP contribution in [0.1, 0.15) is 23.2 Å². The second kappa shape index (κ2) is 6.96. The van der Waals surface area contributed by atoms with Crippen LogP contribution in [-0.4, -0.2) is 33.5 Å². The predicted octanol–water partition coefficient (Wildman–Crippen LogP) is 2.84. The van der Waals surface area contributed by atoms with Crippen LogP contribution in [0.4, 0.5) is 11.5 Å². The first-order chi connectivity index (χ1) is 13.0. The van der Waals surface area contributed by atoms with Crippen LogP contribution in [0.25, 0.3) is 10.9 Å². The molecular formula is C19H19N5O2S. The Labute approximate surface area is 160 Å². The van der Waals surface area contributed by atoms with Gasteiger partial charge in [-0.15, -0.1) is 0 Å². The van der Waals surface area contributed by atoms with Gasteiger partial charge >= 0.3 is 0 Å². The van der Waals surface area contributed by atoms with Gasteiger partial charge < -0.3 is 15.2 Å². The first-order valence-corrected chi connectivity index (χ1v) is 9.19. The number of benzene rings is 1. The number of aromatic nitrogens is 3. The fourth-order valence-corrected chi connectivity index (χ4v) is 3.44. The van der Waals surface area contributed by atoms with Crippen molar-refractivity contribution in [1.82, 2.24) is 14.5 Å². The number of amides is 1. The van der Waals surface area contributed by atoms with E-state index in [9.17, 15) is 9.59 Å². The molecule has 1 aromatic carbocycles. The van der Waals surface area contributed by atoms with Crippen LogP contribution < -0.4 is 15.8 Å². The number of pyridine rings is 1. The van der Waals surface area contributed by atoms with Crippen molar-refractivity contribution >= 4 is 40.5 Å². The lowest BCUT2D eigenvalue weighted by Gasteiger charge is -2.16. The summed E-state index contributed by atoms with van der Waals surface area (Å²) < 4.78 is 1.68. The van der Waals surface area contributed by atoms with E-state index in [2.05, 4.69) is 20.2 Å². The molecule has 0 radical (unpaired) electrons. The second-order valence-corrected chi connectivity index (χ2v) is 6.99. The van der Waals surface area contributed by atoms with Gasteiger partial charge in [-0.05, 0) is 55.4 Å². The summed E-state index contributed by atoms with van der Waals surface area (Å²) in [5, 5.41) is 3.32. The number of hydrogen-bond acceptors (Lipinski definition) is 5. The van der Waals surface area contributed by atoms with Gasteiger partial charge in [-0.1, -0.05) is 0 Å². The number of H-pyrrole nitrogens is 1. The second-order valence-electron chi connectivity index (χ2n) is 6.61. The average molecular weight is 381 g/mol. The summed E-state index contributed by atoms with van der Waals surface area (Å²) in [5.41, 5.74) is 1.41. The number of aromatic amines is 1. The lowest BCUT2D eigenvalue weighted by atomic mass is 10.1. The molecule has 138 valence electrons. The maximum Gasteiger partial charge on any atom is 0.261 e. The van der Waals surface area contributed by atoms with E-state index in [1.54, 1.807) is 31.4 Å². The molecule has 0 unspecified atom stereocenters. The van der Waals surface area contributed by atoms with Crippen LogP contribution >= 0.6 is 12.2 Å². The third-order valence-corrected chi connectivity index (χ3v) is 5.17. The molecule has 3 heterocycles. The van der Waals surface area contributed by atoms with Gasteiger partial charge in [0.1, 0.15) is 5.82 Å². The lowest BCUT2D eigenvalue weighted by molar-refractivity contribution is 0.102. The van der Waals surface area contributed by atoms with E-state index in [1.165, 1.54) is 17.4 Å². The van der Waals surface area contributed by atoms with Gasteiger partial charge in [-0.25, -0.2) is 4.98 Å². The molecule has 0 saturated carbocycles. The Morgan fingerprint density at radius 1 is 1.22 bits per heavy atom. The standard InChI is InChI=1S/C19H19N5O2S/c1-23-18(26)14-6-4-12(10-15(14)22-19(23)27)17(25)21-13-5-7-16(20-11-13)24-8-2-3-9-24/h4-7,10-11H,2-3,8-9H2,1H3,(H,21,25)(H,22,27). The molecule has 2 aromatic heterocycles. The fourth-order valence-electron chi connectivity index (χ4n) is 3.24. The predicted molar refractivity (Wildman–Crippen MR) is 108 cm³/mol.